The molecule has 2 nitrogen and oxygen atoms in total. The van der Waals surface area contributed by atoms with Crippen molar-refractivity contribution < 1.29 is 4.42 Å². The van der Waals surface area contributed by atoms with E-state index in [-0.39, 0.29) is 5.41 Å². The van der Waals surface area contributed by atoms with Crippen molar-refractivity contribution in [2.45, 2.75) is 44.3 Å². The third-order valence-electron chi connectivity index (χ3n) is 4.47. The van der Waals surface area contributed by atoms with Gasteiger partial charge in [0.05, 0.1) is 5.69 Å². The number of nitrogens with zero attached hydrogens (tertiary/aromatic N) is 1. The minimum atomic E-state index is 0.0498. The Morgan fingerprint density at radius 1 is 1.21 bits per heavy atom. The van der Waals surface area contributed by atoms with Crippen LogP contribution in [0.1, 0.15) is 39.3 Å². The Morgan fingerprint density at radius 3 is 2.75 bits per heavy atom. The molecule has 2 aliphatic rings. The van der Waals surface area contributed by atoms with E-state index in [0.29, 0.717) is 5.92 Å². The molecule has 1 saturated carbocycles. The summed E-state index contributed by atoms with van der Waals surface area (Å²) in [6.45, 7) is 6.13. The Balaban J connectivity index is 0.000000815. The van der Waals surface area contributed by atoms with E-state index < -0.39 is 0 Å². The topological polar surface area (TPSA) is 26.0 Å². The molecule has 1 fully saturated rings. The smallest absolute Gasteiger partial charge is 0.256 e. The molecule has 1 aromatic heterocycles. The number of aromatic nitrogens is 1. The Kier molecular flexibility index (Phi) is 5.30. The molecule has 2 aromatic rings. The lowest BCUT2D eigenvalue weighted by Crippen LogP contribution is -2.07. The van der Waals surface area contributed by atoms with Crippen LogP contribution in [0, 0.1) is 5.92 Å². The van der Waals surface area contributed by atoms with E-state index in [4.69, 9.17) is 9.40 Å². The molecule has 0 spiro atoms. The summed E-state index contributed by atoms with van der Waals surface area (Å²) in [6, 6.07) is 10.4. The van der Waals surface area contributed by atoms with Crippen LogP contribution >= 0.6 is 11.8 Å². The van der Waals surface area contributed by atoms with Gasteiger partial charge in [0.25, 0.3) is 5.22 Å². The van der Waals surface area contributed by atoms with Gasteiger partial charge in [0, 0.05) is 11.0 Å². The largest absolute Gasteiger partial charge is 0.431 e. The van der Waals surface area contributed by atoms with Crippen molar-refractivity contribution in [3.63, 3.8) is 0 Å². The molecule has 0 N–H and O–H groups in total. The van der Waals surface area contributed by atoms with Crippen LogP contribution in [0.3, 0.4) is 0 Å². The summed E-state index contributed by atoms with van der Waals surface area (Å²) in [5, 5.41) is 0.790. The molecule has 0 saturated heterocycles. The van der Waals surface area contributed by atoms with Gasteiger partial charge in [0.2, 0.25) is 0 Å². The summed E-state index contributed by atoms with van der Waals surface area (Å²) in [5.41, 5.74) is 2.28. The monoisotopic (exact) mass is 339 g/mol. The minimum absolute atomic E-state index is 0.0498. The lowest BCUT2D eigenvalue weighted by atomic mass is 9.95. The highest BCUT2D eigenvalue weighted by Crippen LogP contribution is 2.59. The van der Waals surface area contributed by atoms with Gasteiger partial charge in [-0.3, -0.25) is 0 Å². The standard InChI is InChI=1S/C19H19NOS.C2H6/c1-2-22-18-20-17(16(21-18)14-9-5-3-6-10-14)19-12-8-4-7-11-15(19)13-19;1-2/h3,5-12,15H,2,4,13H2,1H3;1-2H3. The third kappa shape index (κ3) is 3.10. The van der Waals surface area contributed by atoms with Gasteiger partial charge < -0.3 is 4.42 Å². The van der Waals surface area contributed by atoms with Gasteiger partial charge in [0.15, 0.2) is 5.76 Å². The number of hydrogen-bond acceptors (Lipinski definition) is 3. The maximum absolute atomic E-state index is 6.12. The Morgan fingerprint density at radius 2 is 2.00 bits per heavy atom. The first-order valence-corrected chi connectivity index (χ1v) is 9.86. The molecular formula is C21H25NOS. The third-order valence-corrected chi connectivity index (χ3v) is 5.18. The van der Waals surface area contributed by atoms with Crippen LogP contribution < -0.4 is 0 Å². The van der Waals surface area contributed by atoms with E-state index >= 15 is 0 Å². The van der Waals surface area contributed by atoms with E-state index in [1.54, 1.807) is 11.8 Å². The first-order valence-electron chi connectivity index (χ1n) is 8.87. The molecule has 4 rings (SSSR count). The maximum Gasteiger partial charge on any atom is 0.256 e. The average Bonchev–Trinajstić information content (AvgIpc) is 3.22. The summed E-state index contributed by atoms with van der Waals surface area (Å²) >= 11 is 1.67. The second-order valence-electron chi connectivity index (χ2n) is 5.87. The molecule has 2 unspecified atom stereocenters. The molecule has 2 aliphatic carbocycles. The Hall–Kier alpha value is -1.74. The molecule has 1 heterocycles. The number of allylic oxidation sites excluding steroid dienone is 4. The molecule has 24 heavy (non-hydrogen) atoms. The summed E-state index contributed by atoms with van der Waals surface area (Å²) in [4.78, 5) is 4.87. The molecule has 0 radical (unpaired) electrons. The van der Waals surface area contributed by atoms with E-state index in [9.17, 15) is 0 Å². The van der Waals surface area contributed by atoms with Crippen molar-refractivity contribution in [1.82, 2.24) is 4.98 Å². The molecule has 3 heteroatoms. The van der Waals surface area contributed by atoms with Gasteiger partial charge in [-0.1, -0.05) is 87.2 Å². The summed E-state index contributed by atoms with van der Waals surface area (Å²) < 4.78 is 6.12. The lowest BCUT2D eigenvalue weighted by molar-refractivity contribution is 0.466. The van der Waals surface area contributed by atoms with Gasteiger partial charge in [-0.25, -0.2) is 4.98 Å². The predicted molar refractivity (Wildman–Crippen MR) is 102 cm³/mol. The average molecular weight is 340 g/mol. The summed E-state index contributed by atoms with van der Waals surface area (Å²) in [5.74, 6) is 2.48. The lowest BCUT2D eigenvalue weighted by Gasteiger charge is -2.10. The molecule has 1 aromatic carbocycles. The van der Waals surface area contributed by atoms with Crippen molar-refractivity contribution in [3.05, 3.63) is 60.3 Å². The van der Waals surface area contributed by atoms with Crippen LogP contribution in [0.25, 0.3) is 11.3 Å². The predicted octanol–water partition coefficient (Wildman–Crippen LogP) is 6.25. The fourth-order valence-electron chi connectivity index (χ4n) is 3.27. The summed E-state index contributed by atoms with van der Waals surface area (Å²) in [6.07, 6.45) is 11.4. The van der Waals surface area contributed by atoms with E-state index in [1.165, 1.54) is 0 Å². The van der Waals surface area contributed by atoms with Crippen LogP contribution in [0.15, 0.2) is 64.3 Å². The van der Waals surface area contributed by atoms with E-state index in [2.05, 4.69) is 55.5 Å². The molecule has 2 atom stereocenters. The molecule has 126 valence electrons. The van der Waals surface area contributed by atoms with Gasteiger partial charge in [0.1, 0.15) is 0 Å². The number of hydrogen-bond donors (Lipinski definition) is 0. The highest BCUT2D eigenvalue weighted by Gasteiger charge is 2.55. The first-order chi connectivity index (χ1) is 11.8. The molecule has 0 amide bonds. The molecular weight excluding hydrogens is 314 g/mol. The van der Waals surface area contributed by atoms with Gasteiger partial charge in [-0.2, -0.15) is 0 Å². The number of thioether (sulfide) groups is 1. The molecule has 0 aliphatic heterocycles. The second kappa shape index (κ2) is 7.43. The zero-order chi connectivity index (χ0) is 17.0. The van der Waals surface area contributed by atoms with Crippen LogP contribution in [0.2, 0.25) is 0 Å². The van der Waals surface area contributed by atoms with Gasteiger partial charge in [-0.15, -0.1) is 0 Å². The van der Waals surface area contributed by atoms with Crippen LogP contribution in [0.4, 0.5) is 0 Å². The van der Waals surface area contributed by atoms with E-state index in [1.807, 2.05) is 19.9 Å². The van der Waals surface area contributed by atoms with Gasteiger partial charge >= 0.3 is 0 Å². The Bertz CT molecular complexity index is 732. The van der Waals surface area contributed by atoms with Crippen molar-refractivity contribution >= 4 is 11.8 Å². The number of oxazole rings is 1. The maximum atomic E-state index is 6.12. The second-order valence-corrected chi connectivity index (χ2v) is 7.09. The number of rotatable bonds is 4. The van der Waals surface area contributed by atoms with Crippen LogP contribution in [-0.4, -0.2) is 10.7 Å². The van der Waals surface area contributed by atoms with Crippen molar-refractivity contribution in [3.8, 4) is 11.3 Å². The fraction of sp³-hybridized carbons (Fsp3) is 0.381. The molecule has 0 bridgehead atoms. The highest BCUT2D eigenvalue weighted by atomic mass is 32.2. The zero-order valence-electron chi connectivity index (χ0n) is 14.7. The van der Waals surface area contributed by atoms with Gasteiger partial charge in [-0.05, 0) is 24.5 Å². The zero-order valence-corrected chi connectivity index (χ0v) is 15.5. The van der Waals surface area contributed by atoms with Crippen LogP contribution in [0.5, 0.6) is 0 Å². The summed E-state index contributed by atoms with van der Waals surface area (Å²) in [7, 11) is 0. The number of fused-ring (bicyclic) bond motifs is 1. The first kappa shape index (κ1) is 17.1. The van der Waals surface area contributed by atoms with Crippen LogP contribution in [-0.2, 0) is 5.41 Å². The number of benzene rings is 1. The van der Waals surface area contributed by atoms with Crippen molar-refractivity contribution in [1.29, 1.82) is 0 Å². The highest BCUT2D eigenvalue weighted by molar-refractivity contribution is 7.99. The minimum Gasteiger partial charge on any atom is -0.431 e. The fourth-order valence-corrected chi connectivity index (χ4v) is 3.82. The van der Waals surface area contributed by atoms with E-state index in [0.717, 1.165) is 40.8 Å². The SMILES string of the molecule is CC.CCSc1nc(C23C=CCC=CC2C3)c(-c2ccccc2)o1. The van der Waals surface area contributed by atoms with Crippen molar-refractivity contribution in [2.24, 2.45) is 5.92 Å². The Labute approximate surface area is 149 Å². The quantitative estimate of drug-likeness (QED) is 0.486. The van der Waals surface area contributed by atoms with Crippen molar-refractivity contribution in [2.75, 3.05) is 5.75 Å². The normalized spacial score (nSPS) is 23.9.